The average molecular weight is 313 g/mol. The zero-order valence-corrected chi connectivity index (χ0v) is 13.1. The third-order valence-electron chi connectivity index (χ3n) is 3.51. The normalized spacial score (nSPS) is 19.4. The summed E-state index contributed by atoms with van der Waals surface area (Å²) in [5.41, 5.74) is 7.11. The number of nitrogen functional groups attached to an aromatic ring is 1. The number of ether oxygens (including phenoxy) is 1. The van der Waals surface area contributed by atoms with Crippen molar-refractivity contribution in [1.82, 2.24) is 4.72 Å². The van der Waals surface area contributed by atoms with Crippen molar-refractivity contribution < 1.29 is 13.2 Å². The summed E-state index contributed by atoms with van der Waals surface area (Å²) in [5, 5.41) is 3.24. The molecule has 118 valence electrons. The molecule has 0 aromatic heterocycles. The van der Waals surface area contributed by atoms with Crippen LogP contribution in [-0.4, -0.2) is 34.7 Å². The molecule has 0 bridgehead atoms. The summed E-state index contributed by atoms with van der Waals surface area (Å²) >= 11 is 0. The first-order valence-corrected chi connectivity index (χ1v) is 8.72. The van der Waals surface area contributed by atoms with Gasteiger partial charge in [-0.2, -0.15) is 0 Å². The van der Waals surface area contributed by atoms with Gasteiger partial charge < -0.3 is 15.8 Å². The topological polar surface area (TPSA) is 93.5 Å². The molecule has 0 aliphatic carbocycles. The van der Waals surface area contributed by atoms with Crippen LogP contribution in [0.5, 0.6) is 0 Å². The van der Waals surface area contributed by atoms with Gasteiger partial charge in [0, 0.05) is 19.7 Å². The first-order valence-electron chi connectivity index (χ1n) is 7.23. The van der Waals surface area contributed by atoms with E-state index in [1.807, 2.05) is 0 Å². The van der Waals surface area contributed by atoms with E-state index >= 15 is 0 Å². The summed E-state index contributed by atoms with van der Waals surface area (Å²) in [6, 6.07) is 4.71. The zero-order valence-electron chi connectivity index (χ0n) is 12.3. The van der Waals surface area contributed by atoms with Gasteiger partial charge in [-0.3, -0.25) is 0 Å². The minimum absolute atomic E-state index is 0.223. The van der Waals surface area contributed by atoms with Crippen molar-refractivity contribution in [2.45, 2.75) is 24.7 Å². The van der Waals surface area contributed by atoms with Gasteiger partial charge in [-0.05, 0) is 37.0 Å². The lowest BCUT2D eigenvalue weighted by Gasteiger charge is -2.23. The highest BCUT2D eigenvalue weighted by molar-refractivity contribution is 7.89. The molecule has 1 heterocycles. The van der Waals surface area contributed by atoms with Crippen molar-refractivity contribution in [3.8, 4) is 0 Å². The van der Waals surface area contributed by atoms with E-state index in [0.717, 1.165) is 32.6 Å². The van der Waals surface area contributed by atoms with E-state index in [2.05, 4.69) is 10.0 Å². The van der Waals surface area contributed by atoms with Crippen molar-refractivity contribution in [1.29, 1.82) is 0 Å². The molecule has 4 N–H and O–H groups in total. The van der Waals surface area contributed by atoms with Crippen molar-refractivity contribution in [3.05, 3.63) is 18.2 Å². The first kappa shape index (κ1) is 16.1. The number of nitrogens with two attached hydrogens (primary N) is 1. The van der Waals surface area contributed by atoms with Crippen LogP contribution in [0.2, 0.25) is 0 Å². The number of sulfonamides is 1. The summed E-state index contributed by atoms with van der Waals surface area (Å²) in [6.07, 6.45) is 2.18. The number of benzene rings is 1. The molecule has 2 rings (SSSR count). The highest BCUT2D eigenvalue weighted by Gasteiger charge is 2.16. The Labute approximate surface area is 126 Å². The molecule has 1 aromatic rings. The molecular formula is C14H23N3O3S. The predicted molar refractivity (Wildman–Crippen MR) is 83.7 cm³/mol. The third-order valence-corrected chi connectivity index (χ3v) is 5.05. The summed E-state index contributed by atoms with van der Waals surface area (Å²) < 4.78 is 31.9. The molecule has 0 radical (unpaired) electrons. The number of hydrogen-bond donors (Lipinski definition) is 3. The minimum atomic E-state index is -3.46. The Hall–Kier alpha value is -1.31. The van der Waals surface area contributed by atoms with Gasteiger partial charge in [-0.1, -0.05) is 6.92 Å². The second-order valence-electron chi connectivity index (χ2n) is 5.21. The molecule has 1 saturated heterocycles. The number of anilines is 2. The lowest BCUT2D eigenvalue weighted by molar-refractivity contribution is 0.0595. The fourth-order valence-corrected chi connectivity index (χ4v) is 3.42. The smallest absolute Gasteiger partial charge is 0.240 e. The van der Waals surface area contributed by atoms with Gasteiger partial charge in [0.1, 0.15) is 0 Å². The molecule has 1 fully saturated rings. The van der Waals surface area contributed by atoms with Crippen LogP contribution < -0.4 is 15.8 Å². The SMILES string of the molecule is CCNS(=O)(=O)c1ccc(N)c(NCC2CCCOC2)c1. The lowest BCUT2D eigenvalue weighted by Crippen LogP contribution is -2.25. The van der Waals surface area contributed by atoms with E-state index in [1.165, 1.54) is 6.07 Å². The zero-order chi connectivity index (χ0) is 15.3. The first-order chi connectivity index (χ1) is 10.0. The van der Waals surface area contributed by atoms with Gasteiger partial charge >= 0.3 is 0 Å². The Kier molecular flexibility index (Phi) is 5.44. The Balaban J connectivity index is 2.08. The Morgan fingerprint density at radius 1 is 1.43 bits per heavy atom. The summed E-state index contributed by atoms with van der Waals surface area (Å²) in [4.78, 5) is 0.223. The molecule has 1 unspecified atom stereocenters. The molecular weight excluding hydrogens is 290 g/mol. The lowest BCUT2D eigenvalue weighted by atomic mass is 10.0. The van der Waals surface area contributed by atoms with E-state index in [4.69, 9.17) is 10.5 Å². The van der Waals surface area contributed by atoms with Crippen LogP contribution >= 0.6 is 0 Å². The van der Waals surface area contributed by atoms with Crippen LogP contribution in [0, 0.1) is 5.92 Å². The van der Waals surface area contributed by atoms with Crippen molar-refractivity contribution in [2.75, 3.05) is 37.4 Å². The molecule has 6 nitrogen and oxygen atoms in total. The van der Waals surface area contributed by atoms with Gasteiger partial charge in [0.2, 0.25) is 10.0 Å². The van der Waals surface area contributed by atoms with Gasteiger partial charge in [0.05, 0.1) is 22.9 Å². The van der Waals surface area contributed by atoms with Crippen molar-refractivity contribution in [2.24, 2.45) is 5.92 Å². The van der Waals surface area contributed by atoms with Crippen molar-refractivity contribution >= 4 is 21.4 Å². The van der Waals surface area contributed by atoms with Crippen molar-refractivity contribution in [3.63, 3.8) is 0 Å². The molecule has 21 heavy (non-hydrogen) atoms. The predicted octanol–water partition coefficient (Wildman–Crippen LogP) is 1.41. The third kappa shape index (κ3) is 4.33. The molecule has 0 amide bonds. The summed E-state index contributed by atoms with van der Waals surface area (Å²) in [7, 11) is -3.46. The number of nitrogens with one attached hydrogen (secondary N) is 2. The summed E-state index contributed by atoms with van der Waals surface area (Å²) in [6.45, 7) is 4.40. The van der Waals surface area contributed by atoms with Gasteiger partial charge in [-0.15, -0.1) is 0 Å². The Morgan fingerprint density at radius 2 is 2.24 bits per heavy atom. The van der Waals surface area contributed by atoms with Crippen LogP contribution in [0.4, 0.5) is 11.4 Å². The van der Waals surface area contributed by atoms with Crippen LogP contribution in [0.25, 0.3) is 0 Å². The molecule has 0 saturated carbocycles. The highest BCUT2D eigenvalue weighted by Crippen LogP contribution is 2.24. The molecule has 1 aliphatic heterocycles. The molecule has 1 aliphatic rings. The van der Waals surface area contributed by atoms with Gasteiger partial charge in [0.15, 0.2) is 0 Å². The van der Waals surface area contributed by atoms with Gasteiger partial charge in [-0.25, -0.2) is 13.1 Å². The second kappa shape index (κ2) is 7.11. The molecule has 1 aromatic carbocycles. The fraction of sp³-hybridized carbons (Fsp3) is 0.571. The van der Waals surface area contributed by atoms with E-state index in [9.17, 15) is 8.42 Å². The maximum Gasteiger partial charge on any atom is 0.240 e. The highest BCUT2D eigenvalue weighted by atomic mass is 32.2. The van der Waals surface area contributed by atoms with Crippen LogP contribution in [-0.2, 0) is 14.8 Å². The number of rotatable bonds is 6. The van der Waals surface area contributed by atoms with E-state index in [0.29, 0.717) is 23.8 Å². The molecule has 7 heteroatoms. The van der Waals surface area contributed by atoms with E-state index in [-0.39, 0.29) is 4.90 Å². The molecule has 0 spiro atoms. The van der Waals surface area contributed by atoms with Crippen LogP contribution in [0.15, 0.2) is 23.1 Å². The summed E-state index contributed by atoms with van der Waals surface area (Å²) in [5.74, 6) is 0.437. The van der Waals surface area contributed by atoms with Crippen LogP contribution in [0.3, 0.4) is 0 Å². The maximum atomic E-state index is 12.0. The monoisotopic (exact) mass is 313 g/mol. The Bertz CT molecular complexity index is 569. The van der Waals surface area contributed by atoms with Gasteiger partial charge in [0.25, 0.3) is 0 Å². The average Bonchev–Trinajstić information content (AvgIpc) is 2.47. The maximum absolute atomic E-state index is 12.0. The quantitative estimate of drug-likeness (QED) is 0.690. The van der Waals surface area contributed by atoms with E-state index < -0.39 is 10.0 Å². The fourth-order valence-electron chi connectivity index (χ4n) is 2.35. The molecule has 1 atom stereocenters. The van der Waals surface area contributed by atoms with Crippen LogP contribution in [0.1, 0.15) is 19.8 Å². The number of hydrogen-bond acceptors (Lipinski definition) is 5. The minimum Gasteiger partial charge on any atom is -0.397 e. The standard InChI is InChI=1S/C14H23N3O3S/c1-2-17-21(18,19)12-5-6-13(15)14(8-12)16-9-11-4-3-7-20-10-11/h5-6,8,11,16-17H,2-4,7,9-10,15H2,1H3. The largest absolute Gasteiger partial charge is 0.397 e. The van der Waals surface area contributed by atoms with E-state index in [1.54, 1.807) is 19.1 Å². The Morgan fingerprint density at radius 3 is 2.90 bits per heavy atom. The second-order valence-corrected chi connectivity index (χ2v) is 6.98.